The maximum absolute atomic E-state index is 13.4. The number of hydrogen-bond donors (Lipinski definition) is 1. The van der Waals surface area contributed by atoms with E-state index >= 15 is 0 Å². The van der Waals surface area contributed by atoms with Gasteiger partial charge in [0.05, 0.1) is 16.4 Å². The van der Waals surface area contributed by atoms with Crippen molar-refractivity contribution in [3.8, 4) is 17.0 Å². The molecule has 2 heterocycles. The van der Waals surface area contributed by atoms with Gasteiger partial charge in [0.15, 0.2) is 6.61 Å². The zero-order valence-corrected chi connectivity index (χ0v) is 20.5. The predicted octanol–water partition coefficient (Wildman–Crippen LogP) is 5.30. The first-order chi connectivity index (χ1) is 15.8. The average Bonchev–Trinajstić information content (AvgIpc) is 3.15. The van der Waals surface area contributed by atoms with Crippen LogP contribution in [0.3, 0.4) is 0 Å². The number of thiazole rings is 1. The van der Waals surface area contributed by atoms with Gasteiger partial charge in [-0.1, -0.05) is 32.0 Å². The van der Waals surface area contributed by atoms with Crippen molar-refractivity contribution in [2.45, 2.75) is 53.5 Å². The van der Waals surface area contributed by atoms with Crippen molar-refractivity contribution in [3.63, 3.8) is 0 Å². The molecule has 1 aliphatic heterocycles. The highest BCUT2D eigenvalue weighted by molar-refractivity contribution is 7.11. The summed E-state index contributed by atoms with van der Waals surface area (Å²) in [5.41, 5.74) is 5.40. The summed E-state index contributed by atoms with van der Waals surface area (Å²) in [7, 11) is 0. The van der Waals surface area contributed by atoms with Crippen LogP contribution in [0.4, 0.5) is 11.4 Å². The highest BCUT2D eigenvalue weighted by Gasteiger charge is 2.34. The Kier molecular flexibility index (Phi) is 6.51. The second-order valence-corrected chi connectivity index (χ2v) is 9.60. The van der Waals surface area contributed by atoms with E-state index in [4.69, 9.17) is 4.74 Å². The van der Waals surface area contributed by atoms with E-state index in [1.807, 2.05) is 50.2 Å². The highest BCUT2D eigenvalue weighted by Crippen LogP contribution is 2.38. The lowest BCUT2D eigenvalue weighted by Crippen LogP contribution is -2.49. The molecule has 0 spiro atoms. The Balaban J connectivity index is 1.68. The molecule has 1 aromatic heterocycles. The van der Waals surface area contributed by atoms with Crippen LogP contribution in [-0.2, 0) is 22.4 Å². The standard InChI is InChI=1S/C26H29N3O3S/c1-6-18-9-8-10-19(7-2)25(18)28-26(31)15(3)29-21-13-20(24-16(4)33-17(5)27-24)11-12-22(21)32-14-23(29)30/h8-13,15H,6-7,14H2,1-5H3,(H,28,31). The Morgan fingerprint density at radius 1 is 1.18 bits per heavy atom. The Morgan fingerprint density at radius 3 is 2.48 bits per heavy atom. The van der Waals surface area contributed by atoms with Gasteiger partial charge in [0.25, 0.3) is 5.91 Å². The summed E-state index contributed by atoms with van der Waals surface area (Å²) in [6.45, 7) is 9.81. The second-order valence-electron chi connectivity index (χ2n) is 8.20. The molecule has 2 aromatic carbocycles. The SMILES string of the molecule is CCc1cccc(CC)c1NC(=O)C(C)N1C(=O)COc2ccc(-c3nc(C)sc3C)cc21. The molecule has 3 aromatic rings. The number of amides is 2. The van der Waals surface area contributed by atoms with E-state index in [2.05, 4.69) is 24.1 Å². The lowest BCUT2D eigenvalue weighted by molar-refractivity contribution is -0.125. The van der Waals surface area contributed by atoms with Crippen molar-refractivity contribution >= 4 is 34.5 Å². The molecule has 1 unspecified atom stereocenters. The fourth-order valence-corrected chi connectivity index (χ4v) is 5.13. The van der Waals surface area contributed by atoms with Crippen LogP contribution in [0, 0.1) is 13.8 Å². The number of carbonyl (C=O) groups is 2. The summed E-state index contributed by atoms with van der Waals surface area (Å²) in [6, 6.07) is 11.1. The fourth-order valence-electron chi connectivity index (χ4n) is 4.29. The fraction of sp³-hybridized carbons (Fsp3) is 0.346. The van der Waals surface area contributed by atoms with Gasteiger partial charge in [-0.05, 0) is 62.9 Å². The maximum Gasteiger partial charge on any atom is 0.265 e. The van der Waals surface area contributed by atoms with Gasteiger partial charge in [-0.25, -0.2) is 4.98 Å². The number of para-hydroxylation sites is 1. The van der Waals surface area contributed by atoms with Crippen molar-refractivity contribution in [2.75, 3.05) is 16.8 Å². The summed E-state index contributed by atoms with van der Waals surface area (Å²) in [4.78, 5) is 33.6. The Hall–Kier alpha value is -3.19. The number of nitrogens with zero attached hydrogens (tertiary/aromatic N) is 2. The molecule has 2 amide bonds. The number of ether oxygens (including phenoxy) is 1. The first-order valence-corrected chi connectivity index (χ1v) is 12.1. The van der Waals surface area contributed by atoms with Crippen LogP contribution in [0.5, 0.6) is 5.75 Å². The van der Waals surface area contributed by atoms with Crippen LogP contribution in [0.15, 0.2) is 36.4 Å². The minimum Gasteiger partial charge on any atom is -0.482 e. The number of anilines is 2. The molecule has 0 saturated carbocycles. The van der Waals surface area contributed by atoms with Crippen LogP contribution < -0.4 is 15.0 Å². The van der Waals surface area contributed by atoms with Crippen LogP contribution in [-0.4, -0.2) is 29.4 Å². The molecule has 4 rings (SSSR count). The third-order valence-electron chi connectivity index (χ3n) is 6.03. The lowest BCUT2D eigenvalue weighted by Gasteiger charge is -2.34. The molecule has 0 radical (unpaired) electrons. The summed E-state index contributed by atoms with van der Waals surface area (Å²) in [5.74, 6) is 0.122. The molecule has 1 N–H and O–H groups in total. The molecule has 0 fully saturated rings. The molecule has 0 aliphatic carbocycles. The largest absolute Gasteiger partial charge is 0.482 e. The first kappa shape index (κ1) is 23.0. The number of benzene rings is 2. The van der Waals surface area contributed by atoms with Gasteiger partial charge in [0, 0.05) is 16.1 Å². The minimum absolute atomic E-state index is 0.0927. The molecule has 33 heavy (non-hydrogen) atoms. The smallest absolute Gasteiger partial charge is 0.265 e. The maximum atomic E-state index is 13.4. The number of carbonyl (C=O) groups excluding carboxylic acids is 2. The lowest BCUT2D eigenvalue weighted by atomic mass is 10.0. The van der Waals surface area contributed by atoms with Gasteiger partial charge in [0.2, 0.25) is 5.91 Å². The Bertz CT molecular complexity index is 1200. The van der Waals surface area contributed by atoms with E-state index in [-0.39, 0.29) is 18.4 Å². The van der Waals surface area contributed by atoms with E-state index in [0.29, 0.717) is 11.4 Å². The van der Waals surface area contributed by atoms with Crippen LogP contribution in [0.1, 0.15) is 41.8 Å². The van der Waals surface area contributed by atoms with Crippen molar-refractivity contribution in [3.05, 3.63) is 57.4 Å². The zero-order chi connectivity index (χ0) is 23.7. The number of hydrogen-bond acceptors (Lipinski definition) is 5. The zero-order valence-electron chi connectivity index (χ0n) is 19.7. The number of aryl methyl sites for hydroxylation is 4. The Morgan fingerprint density at radius 2 is 1.88 bits per heavy atom. The van der Waals surface area contributed by atoms with Crippen LogP contribution >= 0.6 is 11.3 Å². The van der Waals surface area contributed by atoms with E-state index in [1.54, 1.807) is 23.2 Å². The quantitative estimate of drug-likeness (QED) is 0.538. The predicted molar refractivity (Wildman–Crippen MR) is 133 cm³/mol. The van der Waals surface area contributed by atoms with Crippen molar-refractivity contribution in [1.82, 2.24) is 4.98 Å². The van der Waals surface area contributed by atoms with Crippen molar-refractivity contribution in [2.24, 2.45) is 0 Å². The molecule has 1 aliphatic rings. The number of rotatable bonds is 6. The van der Waals surface area contributed by atoms with E-state index in [1.165, 1.54) is 0 Å². The molecule has 6 nitrogen and oxygen atoms in total. The van der Waals surface area contributed by atoms with Crippen LogP contribution in [0.2, 0.25) is 0 Å². The van der Waals surface area contributed by atoms with E-state index in [0.717, 1.165) is 50.8 Å². The summed E-state index contributed by atoms with van der Waals surface area (Å²) in [6.07, 6.45) is 1.62. The van der Waals surface area contributed by atoms with Crippen molar-refractivity contribution in [1.29, 1.82) is 0 Å². The summed E-state index contributed by atoms with van der Waals surface area (Å²) >= 11 is 1.64. The highest BCUT2D eigenvalue weighted by atomic mass is 32.1. The molecular formula is C26H29N3O3S. The number of fused-ring (bicyclic) bond motifs is 1. The minimum atomic E-state index is -0.705. The monoisotopic (exact) mass is 463 g/mol. The summed E-state index contributed by atoms with van der Waals surface area (Å²) in [5, 5.41) is 4.09. The van der Waals surface area contributed by atoms with Gasteiger partial charge < -0.3 is 10.1 Å². The molecular weight excluding hydrogens is 434 g/mol. The molecule has 7 heteroatoms. The number of nitrogens with one attached hydrogen (secondary N) is 1. The average molecular weight is 464 g/mol. The van der Waals surface area contributed by atoms with Gasteiger partial charge in [0.1, 0.15) is 11.8 Å². The van der Waals surface area contributed by atoms with Gasteiger partial charge >= 0.3 is 0 Å². The first-order valence-electron chi connectivity index (χ1n) is 11.3. The Labute approximate surface area is 198 Å². The number of aromatic nitrogens is 1. The van der Waals surface area contributed by atoms with E-state index < -0.39 is 6.04 Å². The second kappa shape index (κ2) is 9.35. The normalized spacial score (nSPS) is 14.0. The molecule has 172 valence electrons. The molecule has 0 saturated heterocycles. The van der Waals surface area contributed by atoms with Gasteiger partial charge in [-0.3, -0.25) is 14.5 Å². The molecule has 1 atom stereocenters. The third kappa shape index (κ3) is 4.37. The third-order valence-corrected chi connectivity index (χ3v) is 6.92. The van der Waals surface area contributed by atoms with Gasteiger partial charge in [-0.2, -0.15) is 0 Å². The van der Waals surface area contributed by atoms with Crippen molar-refractivity contribution < 1.29 is 14.3 Å². The summed E-state index contributed by atoms with van der Waals surface area (Å²) < 4.78 is 5.67. The topological polar surface area (TPSA) is 71.5 Å². The van der Waals surface area contributed by atoms with E-state index in [9.17, 15) is 9.59 Å². The van der Waals surface area contributed by atoms with Crippen LogP contribution in [0.25, 0.3) is 11.3 Å². The molecule has 0 bridgehead atoms. The van der Waals surface area contributed by atoms with Gasteiger partial charge in [-0.15, -0.1) is 11.3 Å².